The zero-order valence-electron chi connectivity index (χ0n) is 20.3. The fraction of sp³-hybridized carbons (Fsp3) is 0.400. The lowest BCUT2D eigenvalue weighted by molar-refractivity contribution is -0.115. The molecule has 4 aromatic rings. The minimum absolute atomic E-state index is 0.184. The smallest absolute Gasteiger partial charge is 0.341 e. The Bertz CT molecular complexity index is 1480. The molecule has 1 aromatic carbocycles. The van der Waals surface area contributed by atoms with Gasteiger partial charge in [-0.1, -0.05) is 34.6 Å². The Balaban J connectivity index is 1.41. The summed E-state index contributed by atoms with van der Waals surface area (Å²) in [6.07, 6.45) is 4.46. The van der Waals surface area contributed by atoms with Gasteiger partial charge in [0.2, 0.25) is 11.1 Å². The molecule has 0 radical (unpaired) electrons. The Hall–Kier alpha value is -2.50. The van der Waals surface area contributed by atoms with Crippen LogP contribution in [-0.4, -0.2) is 43.5 Å². The third kappa shape index (κ3) is 4.64. The highest BCUT2D eigenvalue weighted by molar-refractivity contribution is 9.10. The van der Waals surface area contributed by atoms with Crippen molar-refractivity contribution in [3.05, 3.63) is 38.7 Å². The summed E-state index contributed by atoms with van der Waals surface area (Å²) in [4.78, 5) is 32.0. The standard InChI is InChI=1S/C25H26BrN5O3S2/c1-4-17(22(32)28-23-19(24(33)34-5-2)14-8-6-7-9-18(14)35-23)36-25-27-21-20(29-30-25)15-12-13(26)10-11-16(15)31(21)3/h10-12,17H,4-9H2,1-3H3,(H,28,32)/t17-/m0/s1. The number of aryl methyl sites for hydroxylation is 2. The Kier molecular flexibility index (Phi) is 7.32. The third-order valence-corrected chi connectivity index (χ3v) is 9.26. The molecule has 0 bridgehead atoms. The zero-order chi connectivity index (χ0) is 25.4. The predicted octanol–water partition coefficient (Wildman–Crippen LogP) is 5.91. The summed E-state index contributed by atoms with van der Waals surface area (Å²) in [5.74, 6) is -0.551. The van der Waals surface area contributed by atoms with Gasteiger partial charge in [-0.3, -0.25) is 4.79 Å². The lowest BCUT2D eigenvalue weighted by atomic mass is 9.95. The molecule has 0 fully saturated rings. The molecule has 1 amide bonds. The number of hydrogen-bond acceptors (Lipinski definition) is 8. The average Bonchev–Trinajstić information content (AvgIpc) is 3.37. The molecule has 0 saturated carbocycles. The van der Waals surface area contributed by atoms with Gasteiger partial charge in [-0.05, 0) is 62.8 Å². The maximum absolute atomic E-state index is 13.3. The van der Waals surface area contributed by atoms with Crippen LogP contribution in [0.1, 0.15) is 53.9 Å². The van der Waals surface area contributed by atoms with Crippen LogP contribution in [0, 0.1) is 0 Å². The monoisotopic (exact) mass is 587 g/mol. The first kappa shape index (κ1) is 25.2. The topological polar surface area (TPSA) is 99.0 Å². The first-order valence-corrected chi connectivity index (χ1v) is 14.5. The quantitative estimate of drug-likeness (QED) is 0.212. The van der Waals surface area contributed by atoms with Crippen LogP contribution in [0.15, 0.2) is 27.8 Å². The zero-order valence-corrected chi connectivity index (χ0v) is 23.5. The van der Waals surface area contributed by atoms with Gasteiger partial charge in [0.15, 0.2) is 5.65 Å². The molecule has 188 valence electrons. The van der Waals surface area contributed by atoms with Crippen LogP contribution in [-0.2, 0) is 29.4 Å². The summed E-state index contributed by atoms with van der Waals surface area (Å²) in [5, 5.41) is 13.3. The Morgan fingerprint density at radius 2 is 2.06 bits per heavy atom. The molecular formula is C25H26BrN5O3S2. The van der Waals surface area contributed by atoms with Crippen molar-refractivity contribution in [3.63, 3.8) is 0 Å². The molecule has 0 spiro atoms. The number of anilines is 1. The number of ether oxygens (including phenoxy) is 1. The fourth-order valence-electron chi connectivity index (χ4n) is 4.58. The lowest BCUT2D eigenvalue weighted by Crippen LogP contribution is -2.25. The van der Waals surface area contributed by atoms with Gasteiger partial charge in [0.05, 0.1) is 22.9 Å². The number of thiophene rings is 1. The van der Waals surface area contributed by atoms with Crippen LogP contribution >= 0.6 is 39.0 Å². The van der Waals surface area contributed by atoms with Crippen LogP contribution in [0.25, 0.3) is 22.1 Å². The third-order valence-electron chi connectivity index (χ3n) is 6.34. The molecule has 1 atom stereocenters. The van der Waals surface area contributed by atoms with E-state index in [-0.39, 0.29) is 11.9 Å². The van der Waals surface area contributed by atoms with Crippen molar-refractivity contribution >= 4 is 78.0 Å². The highest BCUT2D eigenvalue weighted by Gasteiger charge is 2.29. The maximum atomic E-state index is 13.3. The van der Waals surface area contributed by atoms with Gasteiger partial charge in [-0.25, -0.2) is 9.78 Å². The molecule has 11 heteroatoms. The number of rotatable bonds is 7. The molecule has 0 unspecified atom stereocenters. The van der Waals surface area contributed by atoms with E-state index in [1.54, 1.807) is 6.92 Å². The number of esters is 1. The predicted molar refractivity (Wildman–Crippen MR) is 147 cm³/mol. The van der Waals surface area contributed by atoms with Crippen molar-refractivity contribution in [1.29, 1.82) is 0 Å². The van der Waals surface area contributed by atoms with Gasteiger partial charge >= 0.3 is 5.97 Å². The number of benzene rings is 1. The van der Waals surface area contributed by atoms with Gasteiger partial charge in [-0.15, -0.1) is 21.5 Å². The van der Waals surface area contributed by atoms with Crippen molar-refractivity contribution in [3.8, 4) is 0 Å². The highest BCUT2D eigenvalue weighted by atomic mass is 79.9. The van der Waals surface area contributed by atoms with Crippen LogP contribution in [0.4, 0.5) is 5.00 Å². The number of carbonyl (C=O) groups is 2. The van der Waals surface area contributed by atoms with E-state index in [1.165, 1.54) is 28.0 Å². The number of carbonyl (C=O) groups excluding carboxylic acids is 2. The minimum atomic E-state index is -0.442. The largest absolute Gasteiger partial charge is 0.462 e. The number of amides is 1. The summed E-state index contributed by atoms with van der Waals surface area (Å²) < 4.78 is 8.26. The summed E-state index contributed by atoms with van der Waals surface area (Å²) in [5.41, 5.74) is 3.99. The van der Waals surface area contributed by atoms with E-state index in [0.29, 0.717) is 34.4 Å². The highest BCUT2D eigenvalue weighted by Crippen LogP contribution is 2.39. The molecule has 5 rings (SSSR count). The average molecular weight is 589 g/mol. The van der Waals surface area contributed by atoms with E-state index in [0.717, 1.165) is 52.1 Å². The van der Waals surface area contributed by atoms with Crippen LogP contribution in [0.2, 0.25) is 0 Å². The van der Waals surface area contributed by atoms with E-state index < -0.39 is 5.25 Å². The summed E-state index contributed by atoms with van der Waals surface area (Å²) in [6, 6.07) is 6.00. The second kappa shape index (κ2) is 10.5. The molecule has 0 saturated heterocycles. The van der Waals surface area contributed by atoms with E-state index >= 15 is 0 Å². The van der Waals surface area contributed by atoms with Gasteiger partial charge in [0.1, 0.15) is 10.5 Å². The van der Waals surface area contributed by atoms with Crippen molar-refractivity contribution < 1.29 is 14.3 Å². The number of nitrogens with one attached hydrogen (secondary N) is 1. The number of hydrogen-bond donors (Lipinski definition) is 1. The number of fused-ring (bicyclic) bond motifs is 4. The Labute approximate surface area is 225 Å². The van der Waals surface area contributed by atoms with Crippen molar-refractivity contribution in [2.45, 2.75) is 56.4 Å². The van der Waals surface area contributed by atoms with Crippen molar-refractivity contribution in [2.75, 3.05) is 11.9 Å². The second-order valence-corrected chi connectivity index (χ2v) is 11.8. The molecular weight excluding hydrogens is 562 g/mol. The van der Waals surface area contributed by atoms with Crippen molar-refractivity contribution in [2.24, 2.45) is 7.05 Å². The van der Waals surface area contributed by atoms with Gasteiger partial charge in [-0.2, -0.15) is 0 Å². The molecule has 8 nitrogen and oxygen atoms in total. The maximum Gasteiger partial charge on any atom is 0.341 e. The normalized spacial score (nSPS) is 14.1. The minimum Gasteiger partial charge on any atom is -0.462 e. The molecule has 1 aliphatic rings. The molecule has 0 aliphatic heterocycles. The molecule has 3 aromatic heterocycles. The number of aromatic nitrogens is 4. The molecule has 36 heavy (non-hydrogen) atoms. The van der Waals surface area contributed by atoms with Crippen molar-refractivity contribution in [1.82, 2.24) is 19.7 Å². The SMILES string of the molecule is CCOC(=O)c1c(NC(=O)[C@H](CC)Sc2nnc3c4cc(Br)ccc4n(C)c3n2)sc2c1CCCC2. The van der Waals surface area contributed by atoms with Gasteiger partial charge < -0.3 is 14.6 Å². The van der Waals surface area contributed by atoms with Gasteiger partial charge in [0, 0.05) is 21.8 Å². The van der Waals surface area contributed by atoms with E-state index in [1.807, 2.05) is 36.7 Å². The second-order valence-electron chi connectivity index (χ2n) is 8.63. The fourth-order valence-corrected chi connectivity index (χ4v) is 7.04. The number of nitrogens with zero attached hydrogens (tertiary/aromatic N) is 4. The first-order valence-electron chi connectivity index (χ1n) is 12.0. The van der Waals surface area contributed by atoms with E-state index in [4.69, 9.17) is 9.72 Å². The molecule has 1 N–H and O–H groups in total. The van der Waals surface area contributed by atoms with E-state index in [2.05, 4.69) is 31.4 Å². The summed E-state index contributed by atoms with van der Waals surface area (Å²) >= 11 is 6.29. The first-order chi connectivity index (χ1) is 17.4. The lowest BCUT2D eigenvalue weighted by Gasteiger charge is -2.14. The summed E-state index contributed by atoms with van der Waals surface area (Å²) in [7, 11) is 1.95. The molecule has 1 aliphatic carbocycles. The Morgan fingerprint density at radius 3 is 2.83 bits per heavy atom. The number of thioether (sulfide) groups is 1. The Morgan fingerprint density at radius 1 is 1.25 bits per heavy atom. The number of halogens is 1. The van der Waals surface area contributed by atoms with Crippen LogP contribution < -0.4 is 5.32 Å². The van der Waals surface area contributed by atoms with Gasteiger partial charge in [0.25, 0.3) is 0 Å². The molecule has 3 heterocycles. The van der Waals surface area contributed by atoms with E-state index in [9.17, 15) is 9.59 Å². The van der Waals surface area contributed by atoms with Crippen LogP contribution in [0.3, 0.4) is 0 Å². The van der Waals surface area contributed by atoms with Crippen LogP contribution in [0.5, 0.6) is 0 Å². The summed E-state index contributed by atoms with van der Waals surface area (Å²) in [6.45, 7) is 4.03.